The van der Waals surface area contributed by atoms with Crippen LogP contribution in [0.5, 0.6) is 0 Å². The van der Waals surface area contributed by atoms with Crippen LogP contribution in [0.1, 0.15) is 330 Å². The fraction of sp³-hybridized carbons (Fsp3) is 0.949. The van der Waals surface area contributed by atoms with Gasteiger partial charge in [0.05, 0.1) is 0 Å². The second kappa shape index (κ2) is 51.8. The Labute approximate surface area is 406 Å². The minimum atomic E-state index is -0.763. The van der Waals surface area contributed by atoms with Gasteiger partial charge in [-0.05, 0) is 31.1 Å². The van der Waals surface area contributed by atoms with Crippen LogP contribution in [-0.4, -0.2) is 37.2 Å². The average Bonchev–Trinajstić information content (AvgIpc) is 3.29. The van der Waals surface area contributed by atoms with Crippen LogP contribution in [0.25, 0.3) is 0 Å². The van der Waals surface area contributed by atoms with E-state index in [1.807, 2.05) is 0 Å². The maximum absolute atomic E-state index is 12.8. The van der Waals surface area contributed by atoms with Crippen LogP contribution in [0.15, 0.2) is 0 Å². The molecule has 2 atom stereocenters. The summed E-state index contributed by atoms with van der Waals surface area (Å²) in [5, 5.41) is 0. The van der Waals surface area contributed by atoms with Crippen molar-refractivity contribution in [3.8, 4) is 0 Å². The molecule has 6 nitrogen and oxygen atoms in total. The van der Waals surface area contributed by atoms with E-state index < -0.39 is 6.10 Å². The molecule has 0 heterocycles. The molecule has 0 aromatic carbocycles. The van der Waals surface area contributed by atoms with Crippen LogP contribution in [0, 0.1) is 11.8 Å². The van der Waals surface area contributed by atoms with E-state index >= 15 is 0 Å². The first-order chi connectivity index (χ1) is 31.8. The van der Waals surface area contributed by atoms with Crippen LogP contribution in [0.4, 0.5) is 0 Å². The quantitative estimate of drug-likeness (QED) is 0.0344. The van der Waals surface area contributed by atoms with Crippen LogP contribution < -0.4 is 0 Å². The van der Waals surface area contributed by atoms with Crippen LogP contribution in [-0.2, 0) is 28.6 Å². The van der Waals surface area contributed by atoms with Gasteiger partial charge in [-0.1, -0.05) is 291 Å². The van der Waals surface area contributed by atoms with E-state index in [0.29, 0.717) is 19.3 Å². The van der Waals surface area contributed by atoms with Crippen molar-refractivity contribution in [3.05, 3.63) is 0 Å². The van der Waals surface area contributed by atoms with Crippen molar-refractivity contribution in [3.63, 3.8) is 0 Å². The zero-order valence-electron chi connectivity index (χ0n) is 44.6. The van der Waals surface area contributed by atoms with Crippen molar-refractivity contribution >= 4 is 17.9 Å². The van der Waals surface area contributed by atoms with Crippen molar-refractivity contribution in [1.29, 1.82) is 0 Å². The van der Waals surface area contributed by atoms with Gasteiger partial charge in [0, 0.05) is 19.3 Å². The molecule has 386 valence electrons. The molecule has 0 amide bonds. The molecule has 0 aromatic heterocycles. The molecule has 0 aliphatic rings. The molecular weight excluding hydrogens is 805 g/mol. The Bertz CT molecular complexity index is 995. The topological polar surface area (TPSA) is 78.9 Å². The molecular formula is C59H114O6. The van der Waals surface area contributed by atoms with Gasteiger partial charge in [0.1, 0.15) is 13.2 Å². The van der Waals surface area contributed by atoms with Gasteiger partial charge in [-0.3, -0.25) is 14.4 Å². The molecule has 0 N–H and O–H groups in total. The number of unbranched alkanes of at least 4 members (excludes halogenated alkanes) is 37. The lowest BCUT2D eigenvalue weighted by molar-refractivity contribution is -0.167. The van der Waals surface area contributed by atoms with E-state index in [-0.39, 0.29) is 31.1 Å². The highest BCUT2D eigenvalue weighted by atomic mass is 16.6. The Morgan fingerprint density at radius 1 is 0.323 bits per heavy atom. The molecule has 0 aliphatic heterocycles. The highest BCUT2D eigenvalue weighted by molar-refractivity contribution is 5.71. The number of carbonyl (C=O) groups excluding carboxylic acids is 3. The Balaban J connectivity index is 4.24. The Hall–Kier alpha value is -1.59. The molecule has 0 saturated heterocycles. The average molecular weight is 920 g/mol. The SMILES string of the molecule is CCCCCCCCCCCCCCCCCCCCCC(=O)O[C@@H](COC(=O)CCCCCCCCCCCCCCCCC(C)CC)COC(=O)CCCCCCCCCC(C)C. The van der Waals surface area contributed by atoms with Gasteiger partial charge in [-0.15, -0.1) is 0 Å². The van der Waals surface area contributed by atoms with Gasteiger partial charge < -0.3 is 14.2 Å². The van der Waals surface area contributed by atoms with Gasteiger partial charge in [0.25, 0.3) is 0 Å². The van der Waals surface area contributed by atoms with Gasteiger partial charge in [-0.25, -0.2) is 0 Å². The lowest BCUT2D eigenvalue weighted by Gasteiger charge is -2.18. The molecule has 0 radical (unpaired) electrons. The van der Waals surface area contributed by atoms with E-state index in [1.165, 1.54) is 218 Å². The molecule has 0 saturated carbocycles. The monoisotopic (exact) mass is 919 g/mol. The van der Waals surface area contributed by atoms with Crippen molar-refractivity contribution in [2.75, 3.05) is 13.2 Å². The smallest absolute Gasteiger partial charge is 0.306 e. The van der Waals surface area contributed by atoms with Crippen molar-refractivity contribution < 1.29 is 28.6 Å². The van der Waals surface area contributed by atoms with Crippen LogP contribution >= 0.6 is 0 Å². The highest BCUT2D eigenvalue weighted by Gasteiger charge is 2.19. The van der Waals surface area contributed by atoms with E-state index in [9.17, 15) is 14.4 Å². The maximum Gasteiger partial charge on any atom is 0.306 e. The first-order valence-corrected chi connectivity index (χ1v) is 29.3. The number of esters is 3. The molecule has 0 spiro atoms. The summed E-state index contributed by atoms with van der Waals surface area (Å²) in [6.45, 7) is 11.4. The van der Waals surface area contributed by atoms with Crippen molar-refractivity contribution in [1.82, 2.24) is 0 Å². The van der Waals surface area contributed by atoms with E-state index in [0.717, 1.165) is 69.6 Å². The van der Waals surface area contributed by atoms with E-state index in [1.54, 1.807) is 0 Å². The third-order valence-corrected chi connectivity index (χ3v) is 13.8. The first-order valence-electron chi connectivity index (χ1n) is 29.3. The fourth-order valence-electron chi connectivity index (χ4n) is 9.02. The Kier molecular flexibility index (Phi) is 50.5. The largest absolute Gasteiger partial charge is 0.462 e. The zero-order valence-corrected chi connectivity index (χ0v) is 44.6. The van der Waals surface area contributed by atoms with Gasteiger partial charge >= 0.3 is 17.9 Å². The lowest BCUT2D eigenvalue weighted by atomic mass is 9.99. The third-order valence-electron chi connectivity index (χ3n) is 13.8. The number of hydrogen-bond donors (Lipinski definition) is 0. The molecule has 1 unspecified atom stereocenters. The molecule has 65 heavy (non-hydrogen) atoms. The summed E-state index contributed by atoms with van der Waals surface area (Å²) < 4.78 is 16.9. The summed E-state index contributed by atoms with van der Waals surface area (Å²) in [7, 11) is 0. The number of ether oxygens (including phenoxy) is 3. The summed E-state index contributed by atoms with van der Waals surface area (Å²) in [5.74, 6) is 0.834. The first kappa shape index (κ1) is 63.4. The summed E-state index contributed by atoms with van der Waals surface area (Å²) in [4.78, 5) is 38.1. The van der Waals surface area contributed by atoms with Crippen molar-refractivity contribution in [2.24, 2.45) is 11.8 Å². The third kappa shape index (κ3) is 51.6. The Morgan fingerprint density at radius 2 is 0.585 bits per heavy atom. The number of hydrogen-bond acceptors (Lipinski definition) is 6. The van der Waals surface area contributed by atoms with Gasteiger partial charge in [0.2, 0.25) is 0 Å². The highest BCUT2D eigenvalue weighted by Crippen LogP contribution is 2.19. The predicted octanol–water partition coefficient (Wildman–Crippen LogP) is 19.3. The molecule has 0 bridgehead atoms. The summed E-state index contributed by atoms with van der Waals surface area (Å²) in [6, 6.07) is 0. The normalized spacial score (nSPS) is 12.5. The molecule has 0 fully saturated rings. The van der Waals surface area contributed by atoms with E-state index in [4.69, 9.17) is 14.2 Å². The van der Waals surface area contributed by atoms with Crippen molar-refractivity contribution in [2.45, 2.75) is 336 Å². The molecule has 0 aliphatic carbocycles. The summed E-state index contributed by atoms with van der Waals surface area (Å²) in [6.07, 6.45) is 55.3. The minimum Gasteiger partial charge on any atom is -0.462 e. The lowest BCUT2D eigenvalue weighted by Crippen LogP contribution is -2.30. The molecule has 6 heteroatoms. The summed E-state index contributed by atoms with van der Waals surface area (Å²) in [5.41, 5.74) is 0. The predicted molar refractivity (Wildman–Crippen MR) is 280 cm³/mol. The minimum absolute atomic E-state index is 0.0634. The second-order valence-corrected chi connectivity index (χ2v) is 21.0. The number of rotatable bonds is 53. The number of carbonyl (C=O) groups is 3. The second-order valence-electron chi connectivity index (χ2n) is 21.0. The summed E-state index contributed by atoms with van der Waals surface area (Å²) >= 11 is 0. The fourth-order valence-corrected chi connectivity index (χ4v) is 9.02. The van der Waals surface area contributed by atoms with E-state index in [2.05, 4.69) is 34.6 Å². The van der Waals surface area contributed by atoms with Gasteiger partial charge in [-0.2, -0.15) is 0 Å². The molecule has 0 rings (SSSR count). The maximum atomic E-state index is 12.8. The Morgan fingerprint density at radius 3 is 0.877 bits per heavy atom. The zero-order chi connectivity index (χ0) is 47.5. The standard InChI is InChI=1S/C59H114O6/c1-6-8-9-10-11-12-13-14-15-16-17-18-19-24-27-30-35-41-46-51-59(62)65-56(53-64-58(61)50-45-40-36-31-32-37-42-47-54(3)4)52-63-57(60)49-44-39-34-29-26-23-21-20-22-25-28-33-38-43-48-55(5)7-2/h54-56H,6-53H2,1-5H3/t55?,56-/m0/s1. The van der Waals surface area contributed by atoms with Gasteiger partial charge in [0.15, 0.2) is 6.10 Å². The van der Waals surface area contributed by atoms with Crippen LogP contribution in [0.2, 0.25) is 0 Å². The van der Waals surface area contributed by atoms with Crippen LogP contribution in [0.3, 0.4) is 0 Å². The molecule has 0 aromatic rings.